The Hall–Kier alpha value is -2.61. The molecule has 0 spiro atoms. The van der Waals surface area contributed by atoms with E-state index in [0.29, 0.717) is 25.6 Å². The summed E-state index contributed by atoms with van der Waals surface area (Å²) in [4.78, 5) is 23.9. The molecule has 3 heterocycles. The zero-order valence-electron chi connectivity index (χ0n) is 13.3. The van der Waals surface area contributed by atoms with Gasteiger partial charge in [0.1, 0.15) is 12.4 Å². The minimum Gasteiger partial charge on any atom is -0.364 e. The third-order valence-electron chi connectivity index (χ3n) is 4.51. The van der Waals surface area contributed by atoms with Gasteiger partial charge in [0.15, 0.2) is 5.82 Å². The van der Waals surface area contributed by atoms with Crippen LogP contribution in [0.3, 0.4) is 0 Å². The summed E-state index contributed by atoms with van der Waals surface area (Å²) in [5.41, 5.74) is 0.727. The molecular formula is C17H16F2N4O2. The van der Waals surface area contributed by atoms with Crippen molar-refractivity contribution in [1.82, 2.24) is 14.9 Å². The number of morpholine rings is 1. The van der Waals surface area contributed by atoms with Crippen molar-refractivity contribution in [2.75, 3.05) is 24.6 Å². The lowest BCUT2D eigenvalue weighted by Gasteiger charge is -2.36. The number of hydrogen-bond acceptors (Lipinski definition) is 5. The Morgan fingerprint density at radius 3 is 2.72 bits per heavy atom. The summed E-state index contributed by atoms with van der Waals surface area (Å²) < 4.78 is 32.1. The molecule has 1 amide bonds. The average Bonchev–Trinajstić information content (AvgIpc) is 3.03. The molecule has 0 N–H and O–H groups in total. The summed E-state index contributed by atoms with van der Waals surface area (Å²) in [6.07, 6.45) is 2.04. The third-order valence-corrected chi connectivity index (χ3v) is 4.51. The van der Waals surface area contributed by atoms with Gasteiger partial charge in [-0.3, -0.25) is 4.79 Å². The smallest absolute Gasteiger partial charge is 0.249 e. The highest BCUT2D eigenvalue weighted by atomic mass is 19.1. The van der Waals surface area contributed by atoms with Crippen molar-refractivity contribution in [3.63, 3.8) is 0 Å². The maximum absolute atomic E-state index is 13.4. The molecular weight excluding hydrogens is 330 g/mol. The van der Waals surface area contributed by atoms with Gasteiger partial charge in [-0.05, 0) is 17.7 Å². The van der Waals surface area contributed by atoms with Gasteiger partial charge in [0.05, 0.1) is 24.5 Å². The lowest BCUT2D eigenvalue weighted by molar-refractivity contribution is -0.153. The van der Waals surface area contributed by atoms with Gasteiger partial charge in [-0.2, -0.15) is 0 Å². The number of benzene rings is 1. The molecule has 2 aliphatic rings. The lowest BCUT2D eigenvalue weighted by atomic mass is 10.1. The van der Waals surface area contributed by atoms with Crippen LogP contribution >= 0.6 is 0 Å². The van der Waals surface area contributed by atoms with Gasteiger partial charge < -0.3 is 14.5 Å². The minimum absolute atomic E-state index is 0.00536. The Balaban J connectivity index is 1.54. The van der Waals surface area contributed by atoms with E-state index in [9.17, 15) is 13.6 Å². The van der Waals surface area contributed by atoms with E-state index in [1.54, 1.807) is 17.0 Å². The maximum atomic E-state index is 13.4. The summed E-state index contributed by atoms with van der Waals surface area (Å²) in [6, 6.07) is 6.03. The number of nitrogens with zero attached hydrogens (tertiary/aromatic N) is 4. The molecule has 6 nitrogen and oxygen atoms in total. The van der Waals surface area contributed by atoms with Crippen molar-refractivity contribution in [1.29, 1.82) is 0 Å². The van der Waals surface area contributed by atoms with Crippen LogP contribution in [0.5, 0.6) is 0 Å². The van der Waals surface area contributed by atoms with E-state index in [0.717, 1.165) is 18.0 Å². The number of fused-ring (bicyclic) bond motifs is 1. The second kappa shape index (κ2) is 6.36. The van der Waals surface area contributed by atoms with Crippen LogP contribution in [0.1, 0.15) is 5.56 Å². The van der Waals surface area contributed by atoms with Crippen LogP contribution in [0.15, 0.2) is 36.7 Å². The highest BCUT2D eigenvalue weighted by Crippen LogP contribution is 2.27. The molecule has 2 atom stereocenters. The number of anilines is 1. The van der Waals surface area contributed by atoms with Gasteiger partial charge in [0.2, 0.25) is 11.9 Å². The van der Waals surface area contributed by atoms with Crippen molar-refractivity contribution in [3.8, 4) is 0 Å². The van der Waals surface area contributed by atoms with E-state index < -0.39 is 5.82 Å². The van der Waals surface area contributed by atoms with Crippen LogP contribution < -0.4 is 4.90 Å². The number of rotatable bonds is 3. The second-order valence-electron chi connectivity index (χ2n) is 6.17. The Kier molecular flexibility index (Phi) is 4.04. The van der Waals surface area contributed by atoms with Gasteiger partial charge in [-0.25, -0.2) is 18.7 Å². The Bertz CT molecular complexity index is 786. The molecule has 0 bridgehead atoms. The number of halogens is 2. The Morgan fingerprint density at radius 2 is 1.96 bits per heavy atom. The summed E-state index contributed by atoms with van der Waals surface area (Å²) in [7, 11) is 0. The summed E-state index contributed by atoms with van der Waals surface area (Å²) in [6.45, 7) is 1.31. The zero-order chi connectivity index (χ0) is 17.4. The largest absolute Gasteiger partial charge is 0.364 e. The first-order valence-corrected chi connectivity index (χ1v) is 7.98. The molecule has 0 unspecified atom stereocenters. The molecule has 2 aromatic rings. The zero-order valence-corrected chi connectivity index (χ0v) is 13.3. The van der Waals surface area contributed by atoms with E-state index in [2.05, 4.69) is 9.97 Å². The fourth-order valence-corrected chi connectivity index (χ4v) is 3.34. The van der Waals surface area contributed by atoms with Crippen molar-refractivity contribution in [3.05, 3.63) is 53.9 Å². The van der Waals surface area contributed by atoms with Crippen LogP contribution in [0.2, 0.25) is 0 Å². The van der Waals surface area contributed by atoms with E-state index in [-0.39, 0.29) is 30.5 Å². The molecule has 1 aromatic heterocycles. The quantitative estimate of drug-likeness (QED) is 0.840. The van der Waals surface area contributed by atoms with E-state index >= 15 is 0 Å². The van der Waals surface area contributed by atoms with Gasteiger partial charge in [-0.15, -0.1) is 0 Å². The predicted octanol–water partition coefficient (Wildman–Crippen LogP) is 1.37. The van der Waals surface area contributed by atoms with Crippen molar-refractivity contribution in [2.45, 2.75) is 18.7 Å². The highest BCUT2D eigenvalue weighted by Gasteiger charge is 2.43. The summed E-state index contributed by atoms with van der Waals surface area (Å²) in [5.74, 6) is -0.563. The lowest BCUT2D eigenvalue weighted by Crippen LogP contribution is -2.53. The predicted molar refractivity (Wildman–Crippen MR) is 84.7 cm³/mol. The van der Waals surface area contributed by atoms with Crippen LogP contribution in [0, 0.1) is 11.6 Å². The molecule has 2 fully saturated rings. The first-order chi connectivity index (χ1) is 12.1. The van der Waals surface area contributed by atoms with Crippen LogP contribution in [0.4, 0.5) is 14.7 Å². The van der Waals surface area contributed by atoms with Gasteiger partial charge in [0, 0.05) is 19.6 Å². The first-order valence-electron chi connectivity index (χ1n) is 7.98. The first kappa shape index (κ1) is 15.9. The van der Waals surface area contributed by atoms with Gasteiger partial charge >= 0.3 is 0 Å². The summed E-state index contributed by atoms with van der Waals surface area (Å²) >= 11 is 0. The normalized spacial score (nSPS) is 23.0. The number of carbonyl (C=O) groups is 1. The van der Waals surface area contributed by atoms with Crippen LogP contribution in [-0.2, 0) is 16.1 Å². The summed E-state index contributed by atoms with van der Waals surface area (Å²) in [5, 5.41) is 0. The van der Waals surface area contributed by atoms with Crippen LogP contribution in [-0.4, -0.2) is 52.6 Å². The maximum Gasteiger partial charge on any atom is 0.249 e. The molecule has 2 saturated heterocycles. The number of aromatic nitrogens is 2. The van der Waals surface area contributed by atoms with Gasteiger partial charge in [0.25, 0.3) is 0 Å². The average molecular weight is 346 g/mol. The third kappa shape index (κ3) is 3.17. The number of amides is 1. The van der Waals surface area contributed by atoms with E-state index in [1.165, 1.54) is 12.1 Å². The topological polar surface area (TPSA) is 58.6 Å². The molecule has 0 saturated carbocycles. The SMILES string of the molecule is O=C1CO[C@@H]2CN(c3ncc(F)cn3)C[C@H]2N1Cc1cccc(F)c1. The number of hydrogen-bond donors (Lipinski definition) is 0. The molecule has 0 radical (unpaired) electrons. The Morgan fingerprint density at radius 1 is 1.16 bits per heavy atom. The van der Waals surface area contributed by atoms with Crippen molar-refractivity contribution < 1.29 is 18.3 Å². The van der Waals surface area contributed by atoms with Gasteiger partial charge in [-0.1, -0.05) is 12.1 Å². The highest BCUT2D eigenvalue weighted by molar-refractivity contribution is 5.79. The fourth-order valence-electron chi connectivity index (χ4n) is 3.34. The van der Waals surface area contributed by atoms with Crippen molar-refractivity contribution in [2.24, 2.45) is 0 Å². The second-order valence-corrected chi connectivity index (χ2v) is 6.17. The molecule has 4 rings (SSSR count). The van der Waals surface area contributed by atoms with E-state index in [1.807, 2.05) is 4.90 Å². The minimum atomic E-state index is -0.500. The van der Waals surface area contributed by atoms with Crippen LogP contribution in [0.25, 0.3) is 0 Å². The number of carbonyl (C=O) groups excluding carboxylic acids is 1. The van der Waals surface area contributed by atoms with E-state index in [4.69, 9.17) is 4.74 Å². The molecule has 130 valence electrons. The molecule has 2 aliphatic heterocycles. The molecule has 25 heavy (non-hydrogen) atoms. The molecule has 8 heteroatoms. The number of ether oxygens (including phenoxy) is 1. The monoisotopic (exact) mass is 346 g/mol. The fraction of sp³-hybridized carbons (Fsp3) is 0.353. The molecule has 0 aliphatic carbocycles. The molecule has 1 aromatic carbocycles. The Labute approximate surface area is 143 Å². The van der Waals surface area contributed by atoms with Crippen molar-refractivity contribution >= 4 is 11.9 Å². The standard InChI is InChI=1S/C17H16F2N4O2/c18-12-3-1-2-11(4-12)7-23-14-8-22(9-15(14)25-10-16(23)24)17-20-5-13(19)6-21-17/h1-6,14-15H,7-10H2/t14-,15-/m1/s1.